The molecule has 2 aliphatic carbocycles. The molecular formula is C17H25NO. The Hall–Kier alpha value is -0.860. The minimum Gasteiger partial charge on any atom is -0.395 e. The second-order valence-electron chi connectivity index (χ2n) is 6.25. The number of rotatable bonds is 4. The van der Waals surface area contributed by atoms with Crippen LogP contribution in [-0.4, -0.2) is 23.8 Å². The summed E-state index contributed by atoms with van der Waals surface area (Å²) in [6.45, 7) is 2.42. The van der Waals surface area contributed by atoms with Gasteiger partial charge in [-0.15, -0.1) is 0 Å². The van der Waals surface area contributed by atoms with Crippen molar-refractivity contribution in [3.63, 3.8) is 0 Å². The van der Waals surface area contributed by atoms with Crippen LogP contribution >= 0.6 is 0 Å². The monoisotopic (exact) mass is 259 g/mol. The van der Waals surface area contributed by atoms with E-state index in [0.29, 0.717) is 6.04 Å². The zero-order valence-corrected chi connectivity index (χ0v) is 11.8. The van der Waals surface area contributed by atoms with E-state index in [2.05, 4.69) is 36.5 Å². The van der Waals surface area contributed by atoms with Crippen LogP contribution in [0, 0.1) is 11.8 Å². The van der Waals surface area contributed by atoms with Crippen LogP contribution < -0.4 is 5.32 Å². The van der Waals surface area contributed by atoms with Crippen molar-refractivity contribution in [1.82, 2.24) is 5.32 Å². The molecule has 3 atom stereocenters. The number of aliphatic hydroxyl groups excluding tert-OH is 1. The van der Waals surface area contributed by atoms with Gasteiger partial charge < -0.3 is 10.4 Å². The predicted octanol–water partition coefficient (Wildman–Crippen LogP) is 2.54. The van der Waals surface area contributed by atoms with Crippen molar-refractivity contribution in [1.29, 1.82) is 0 Å². The highest BCUT2D eigenvalue weighted by molar-refractivity contribution is 5.30. The summed E-state index contributed by atoms with van der Waals surface area (Å²) >= 11 is 0. The molecule has 0 heterocycles. The van der Waals surface area contributed by atoms with E-state index in [4.69, 9.17) is 0 Å². The van der Waals surface area contributed by atoms with E-state index in [1.54, 1.807) is 11.1 Å². The second kappa shape index (κ2) is 5.64. The highest BCUT2D eigenvalue weighted by Gasteiger charge is 2.39. The molecule has 2 heteroatoms. The summed E-state index contributed by atoms with van der Waals surface area (Å²) in [6.07, 6.45) is 6.13. The Labute approximate surface area is 116 Å². The molecule has 1 aromatic carbocycles. The van der Waals surface area contributed by atoms with Crippen molar-refractivity contribution in [3.8, 4) is 0 Å². The van der Waals surface area contributed by atoms with Gasteiger partial charge in [-0.25, -0.2) is 0 Å². The largest absolute Gasteiger partial charge is 0.395 e. The lowest BCUT2D eigenvalue weighted by Gasteiger charge is -2.28. The fraction of sp³-hybridized carbons (Fsp3) is 0.647. The molecule has 19 heavy (non-hydrogen) atoms. The van der Waals surface area contributed by atoms with Crippen LogP contribution in [0.25, 0.3) is 0 Å². The molecule has 104 valence electrons. The quantitative estimate of drug-likeness (QED) is 0.871. The van der Waals surface area contributed by atoms with Crippen LogP contribution in [0.5, 0.6) is 0 Å². The van der Waals surface area contributed by atoms with Crippen LogP contribution in [0.15, 0.2) is 24.3 Å². The lowest BCUT2D eigenvalue weighted by Crippen LogP contribution is -2.45. The minimum atomic E-state index is 0.263. The van der Waals surface area contributed by atoms with Gasteiger partial charge in [-0.1, -0.05) is 31.2 Å². The average Bonchev–Trinajstić information content (AvgIpc) is 2.70. The van der Waals surface area contributed by atoms with E-state index >= 15 is 0 Å². The summed E-state index contributed by atoms with van der Waals surface area (Å²) in [5.74, 6) is 1.52. The lowest BCUT2D eigenvalue weighted by atomic mass is 9.94. The smallest absolute Gasteiger partial charge is 0.0584 e. The standard InChI is InChI=1S/C17H25NO/c1-2-16(11-19)18-17-14-7-8-15(17)10-13-6-4-3-5-12(13)9-14/h3-6,14-19H,2,7-11H2,1H3/t14?,15?,16-,17?/m0/s1. The highest BCUT2D eigenvalue weighted by Crippen LogP contribution is 2.40. The Morgan fingerprint density at radius 2 is 1.74 bits per heavy atom. The second-order valence-corrected chi connectivity index (χ2v) is 6.25. The van der Waals surface area contributed by atoms with Crippen molar-refractivity contribution in [2.75, 3.05) is 6.61 Å². The normalized spacial score (nSPS) is 30.7. The number of nitrogens with one attached hydrogen (secondary N) is 1. The van der Waals surface area contributed by atoms with Crippen LogP contribution in [0.1, 0.15) is 37.3 Å². The maximum atomic E-state index is 9.43. The number of fused-ring (bicyclic) bond motifs is 3. The minimum absolute atomic E-state index is 0.263. The molecular weight excluding hydrogens is 234 g/mol. The molecule has 0 aromatic heterocycles. The fourth-order valence-corrected chi connectivity index (χ4v) is 3.99. The van der Waals surface area contributed by atoms with Crippen molar-refractivity contribution in [2.24, 2.45) is 11.8 Å². The summed E-state index contributed by atoms with van der Waals surface area (Å²) in [7, 11) is 0. The van der Waals surface area contributed by atoms with Gasteiger partial charge in [-0.2, -0.15) is 0 Å². The zero-order chi connectivity index (χ0) is 13.2. The molecule has 0 aliphatic heterocycles. The first kappa shape index (κ1) is 13.1. The number of aliphatic hydroxyl groups is 1. The van der Waals surface area contributed by atoms with Crippen LogP contribution in [0.4, 0.5) is 0 Å². The number of hydrogen-bond acceptors (Lipinski definition) is 2. The number of benzene rings is 1. The van der Waals surface area contributed by atoms with Gasteiger partial charge in [0, 0.05) is 12.1 Å². The van der Waals surface area contributed by atoms with Crippen molar-refractivity contribution in [2.45, 2.75) is 51.1 Å². The van der Waals surface area contributed by atoms with Gasteiger partial charge in [0.1, 0.15) is 0 Å². The molecule has 2 N–H and O–H groups in total. The Bertz CT molecular complexity index is 394. The van der Waals surface area contributed by atoms with Crippen molar-refractivity contribution < 1.29 is 5.11 Å². The molecule has 1 fully saturated rings. The third-order valence-electron chi connectivity index (χ3n) is 5.15. The van der Waals surface area contributed by atoms with Crippen LogP contribution in [0.2, 0.25) is 0 Å². The van der Waals surface area contributed by atoms with Gasteiger partial charge in [0.05, 0.1) is 6.61 Å². The summed E-state index contributed by atoms with van der Waals surface area (Å²) in [4.78, 5) is 0. The molecule has 2 nitrogen and oxygen atoms in total. The summed E-state index contributed by atoms with van der Waals surface area (Å²) in [5.41, 5.74) is 3.11. The van der Waals surface area contributed by atoms with Crippen molar-refractivity contribution in [3.05, 3.63) is 35.4 Å². The van der Waals surface area contributed by atoms with E-state index in [1.807, 2.05) is 0 Å². The molecule has 0 spiro atoms. The Balaban J connectivity index is 1.79. The Morgan fingerprint density at radius 3 is 2.21 bits per heavy atom. The molecule has 2 unspecified atom stereocenters. The molecule has 0 amide bonds. The van der Waals surface area contributed by atoms with Gasteiger partial charge in [0.15, 0.2) is 0 Å². The zero-order valence-electron chi connectivity index (χ0n) is 11.8. The van der Waals surface area contributed by atoms with E-state index in [9.17, 15) is 5.11 Å². The maximum absolute atomic E-state index is 9.43. The third kappa shape index (κ3) is 2.56. The van der Waals surface area contributed by atoms with Crippen LogP contribution in [-0.2, 0) is 12.8 Å². The molecule has 1 saturated carbocycles. The summed E-state index contributed by atoms with van der Waals surface area (Å²) in [5, 5.41) is 13.2. The van der Waals surface area contributed by atoms with Gasteiger partial charge in [0.2, 0.25) is 0 Å². The third-order valence-corrected chi connectivity index (χ3v) is 5.15. The summed E-state index contributed by atoms with van der Waals surface area (Å²) < 4.78 is 0. The molecule has 2 aliphatic rings. The maximum Gasteiger partial charge on any atom is 0.0584 e. The van der Waals surface area contributed by atoms with Gasteiger partial charge in [-0.3, -0.25) is 0 Å². The Kier molecular flexibility index (Phi) is 3.90. The topological polar surface area (TPSA) is 32.3 Å². The van der Waals surface area contributed by atoms with E-state index < -0.39 is 0 Å². The first-order valence-corrected chi connectivity index (χ1v) is 7.75. The van der Waals surface area contributed by atoms with Gasteiger partial charge >= 0.3 is 0 Å². The van der Waals surface area contributed by atoms with E-state index in [-0.39, 0.29) is 12.6 Å². The molecule has 2 bridgehead atoms. The first-order valence-electron chi connectivity index (χ1n) is 7.75. The lowest BCUT2D eigenvalue weighted by molar-refractivity contribution is 0.205. The Morgan fingerprint density at radius 1 is 1.16 bits per heavy atom. The van der Waals surface area contributed by atoms with Gasteiger partial charge in [0.25, 0.3) is 0 Å². The van der Waals surface area contributed by atoms with Crippen LogP contribution in [0.3, 0.4) is 0 Å². The van der Waals surface area contributed by atoms with Crippen molar-refractivity contribution >= 4 is 0 Å². The molecule has 1 aromatic rings. The number of hydrogen-bond donors (Lipinski definition) is 2. The fourth-order valence-electron chi connectivity index (χ4n) is 3.99. The highest BCUT2D eigenvalue weighted by atomic mass is 16.3. The summed E-state index contributed by atoms with van der Waals surface area (Å²) in [6, 6.07) is 9.82. The average molecular weight is 259 g/mol. The molecule has 3 rings (SSSR count). The van der Waals surface area contributed by atoms with E-state index in [0.717, 1.165) is 18.3 Å². The molecule has 0 radical (unpaired) electrons. The van der Waals surface area contributed by atoms with Gasteiger partial charge in [-0.05, 0) is 55.1 Å². The SMILES string of the molecule is CC[C@@H](CO)NC1C2CCC1Cc1ccccc1C2. The van der Waals surface area contributed by atoms with E-state index in [1.165, 1.54) is 25.7 Å². The molecule has 0 saturated heterocycles. The first-order chi connectivity index (χ1) is 9.31. The predicted molar refractivity (Wildman–Crippen MR) is 78.2 cm³/mol.